The van der Waals surface area contributed by atoms with Crippen LogP contribution in [0.3, 0.4) is 0 Å². The summed E-state index contributed by atoms with van der Waals surface area (Å²) in [6.07, 6.45) is -1.94. The average molecular weight is 242 g/mol. The third-order valence-corrected chi connectivity index (χ3v) is 2.84. The summed E-state index contributed by atoms with van der Waals surface area (Å²) in [5, 5.41) is 8.85. The Morgan fingerprint density at radius 1 is 1.00 bits per heavy atom. The van der Waals surface area contributed by atoms with E-state index in [1.165, 1.54) is 0 Å². The third kappa shape index (κ3) is 1.68. The molecular weight excluding hydrogens is 232 g/mol. The summed E-state index contributed by atoms with van der Waals surface area (Å²) in [5.41, 5.74) is 1.44. The van der Waals surface area contributed by atoms with Crippen LogP contribution in [0.4, 0.5) is 4.79 Å². The Labute approximate surface area is 103 Å². The van der Waals surface area contributed by atoms with Gasteiger partial charge in [0.2, 0.25) is 0 Å². The molecule has 0 bridgehead atoms. The number of hydrogen-bond acceptors (Lipinski definition) is 3. The Morgan fingerprint density at radius 3 is 2.00 bits per heavy atom. The Kier molecular flexibility index (Phi) is 2.41. The first-order chi connectivity index (χ1) is 8.75. The Balaban J connectivity index is 2.14. The molecule has 1 aliphatic heterocycles. The van der Waals surface area contributed by atoms with Gasteiger partial charge in [-0.15, -0.1) is 0 Å². The lowest BCUT2D eigenvalue weighted by Gasteiger charge is -2.26. The van der Waals surface area contributed by atoms with E-state index in [1.807, 2.05) is 24.3 Å². The van der Waals surface area contributed by atoms with Gasteiger partial charge >= 0.3 is 6.16 Å². The molecule has 3 rings (SSSR count). The number of carbonyl (C=O) groups is 1. The van der Waals surface area contributed by atoms with Gasteiger partial charge in [-0.05, 0) is 12.1 Å². The van der Waals surface area contributed by atoms with Gasteiger partial charge in [-0.25, -0.2) is 4.79 Å². The number of carboxylic acid groups (broad SMARTS) is 1. The molecule has 0 saturated heterocycles. The van der Waals surface area contributed by atoms with Crippen molar-refractivity contribution in [3.05, 3.63) is 59.7 Å². The molecule has 1 aliphatic rings. The van der Waals surface area contributed by atoms with E-state index in [1.54, 1.807) is 24.3 Å². The van der Waals surface area contributed by atoms with Crippen LogP contribution in [0.25, 0.3) is 0 Å². The Morgan fingerprint density at radius 2 is 1.50 bits per heavy atom. The maximum absolute atomic E-state index is 10.8. The number of rotatable bonds is 1. The molecule has 1 heterocycles. The van der Waals surface area contributed by atoms with E-state index in [0.717, 1.165) is 11.1 Å². The summed E-state index contributed by atoms with van der Waals surface area (Å²) >= 11 is 0. The maximum Gasteiger partial charge on any atom is 0.506 e. The highest BCUT2D eigenvalue weighted by Gasteiger charge is 2.29. The molecule has 0 radical (unpaired) electrons. The highest BCUT2D eigenvalue weighted by atomic mass is 16.7. The van der Waals surface area contributed by atoms with Gasteiger partial charge in [0.15, 0.2) is 6.10 Å². The molecule has 90 valence electrons. The second-order valence-corrected chi connectivity index (χ2v) is 3.94. The summed E-state index contributed by atoms with van der Waals surface area (Å²) in [6.45, 7) is 0. The molecule has 0 atom stereocenters. The molecule has 4 nitrogen and oxygen atoms in total. The number of hydrogen-bond donors (Lipinski definition) is 1. The van der Waals surface area contributed by atoms with Gasteiger partial charge in [0.05, 0.1) is 0 Å². The molecule has 4 heteroatoms. The number of para-hydroxylation sites is 2. The first kappa shape index (κ1) is 10.7. The molecule has 2 aromatic carbocycles. The van der Waals surface area contributed by atoms with Crippen LogP contribution in [0.5, 0.6) is 11.5 Å². The fourth-order valence-electron chi connectivity index (χ4n) is 2.09. The monoisotopic (exact) mass is 242 g/mol. The van der Waals surface area contributed by atoms with Crippen LogP contribution in [-0.4, -0.2) is 11.3 Å². The standard InChI is InChI=1S/C14H10O4/c15-14(16)18-13-9-5-1-3-7-11(9)17-12-8-4-2-6-10(12)13/h1-8,13H,(H,15,16). The fraction of sp³-hybridized carbons (Fsp3) is 0.0714. The van der Waals surface area contributed by atoms with Crippen LogP contribution in [0.1, 0.15) is 17.2 Å². The van der Waals surface area contributed by atoms with Crippen molar-refractivity contribution in [3.63, 3.8) is 0 Å². The highest BCUT2D eigenvalue weighted by molar-refractivity contribution is 5.60. The van der Waals surface area contributed by atoms with Gasteiger partial charge < -0.3 is 14.6 Å². The summed E-state index contributed by atoms with van der Waals surface area (Å²) in [5.74, 6) is 1.25. The fourth-order valence-corrected chi connectivity index (χ4v) is 2.09. The molecule has 0 saturated carbocycles. The molecule has 0 fully saturated rings. The Bertz CT molecular complexity index is 561. The maximum atomic E-state index is 10.8. The quantitative estimate of drug-likeness (QED) is 0.776. The van der Waals surface area contributed by atoms with Gasteiger partial charge in [0, 0.05) is 11.1 Å². The smallest absolute Gasteiger partial charge is 0.456 e. The second kappa shape index (κ2) is 4.07. The molecule has 2 aromatic rings. The topological polar surface area (TPSA) is 55.8 Å². The van der Waals surface area contributed by atoms with Crippen molar-refractivity contribution >= 4 is 6.16 Å². The van der Waals surface area contributed by atoms with E-state index in [0.29, 0.717) is 11.5 Å². The van der Waals surface area contributed by atoms with Crippen LogP contribution in [0.15, 0.2) is 48.5 Å². The first-order valence-corrected chi connectivity index (χ1v) is 5.51. The van der Waals surface area contributed by atoms with E-state index in [2.05, 4.69) is 0 Å². The van der Waals surface area contributed by atoms with Crippen molar-refractivity contribution in [1.82, 2.24) is 0 Å². The van der Waals surface area contributed by atoms with E-state index >= 15 is 0 Å². The molecule has 0 aromatic heterocycles. The van der Waals surface area contributed by atoms with Gasteiger partial charge in [-0.3, -0.25) is 0 Å². The van der Waals surface area contributed by atoms with Gasteiger partial charge in [-0.2, -0.15) is 0 Å². The van der Waals surface area contributed by atoms with E-state index < -0.39 is 12.3 Å². The van der Waals surface area contributed by atoms with Crippen LogP contribution < -0.4 is 4.74 Å². The average Bonchev–Trinajstić information content (AvgIpc) is 2.38. The van der Waals surface area contributed by atoms with Gasteiger partial charge in [0.25, 0.3) is 0 Å². The normalized spacial score (nSPS) is 13.1. The first-order valence-electron chi connectivity index (χ1n) is 5.51. The lowest BCUT2D eigenvalue weighted by molar-refractivity contribution is 0.0629. The lowest BCUT2D eigenvalue weighted by atomic mass is 9.97. The van der Waals surface area contributed by atoms with Gasteiger partial charge in [0.1, 0.15) is 11.5 Å². The van der Waals surface area contributed by atoms with Crippen molar-refractivity contribution in [2.45, 2.75) is 6.10 Å². The van der Waals surface area contributed by atoms with Crippen molar-refractivity contribution in [1.29, 1.82) is 0 Å². The van der Waals surface area contributed by atoms with E-state index in [9.17, 15) is 4.79 Å². The van der Waals surface area contributed by atoms with E-state index in [4.69, 9.17) is 14.6 Å². The molecule has 0 unspecified atom stereocenters. The predicted octanol–water partition coefficient (Wildman–Crippen LogP) is 3.58. The molecule has 0 aliphatic carbocycles. The SMILES string of the molecule is O=C(O)OC1c2ccccc2Oc2ccccc21. The zero-order chi connectivity index (χ0) is 12.5. The molecule has 1 N–H and O–H groups in total. The number of fused-ring (bicyclic) bond motifs is 2. The van der Waals surface area contributed by atoms with E-state index in [-0.39, 0.29) is 0 Å². The minimum absolute atomic E-state index is 0.627. The molecule has 0 amide bonds. The van der Waals surface area contributed by atoms with Crippen molar-refractivity contribution in [3.8, 4) is 11.5 Å². The van der Waals surface area contributed by atoms with Crippen molar-refractivity contribution in [2.75, 3.05) is 0 Å². The summed E-state index contributed by atoms with van der Waals surface area (Å²) in [4.78, 5) is 10.8. The summed E-state index contributed by atoms with van der Waals surface area (Å²) in [6, 6.07) is 14.5. The summed E-state index contributed by atoms with van der Waals surface area (Å²) in [7, 11) is 0. The Hall–Kier alpha value is -2.49. The number of benzene rings is 2. The predicted molar refractivity (Wildman–Crippen MR) is 63.9 cm³/mol. The van der Waals surface area contributed by atoms with Crippen LogP contribution in [0, 0.1) is 0 Å². The zero-order valence-electron chi connectivity index (χ0n) is 9.37. The minimum Gasteiger partial charge on any atom is -0.456 e. The summed E-state index contributed by atoms with van der Waals surface area (Å²) < 4.78 is 10.7. The number of ether oxygens (including phenoxy) is 2. The largest absolute Gasteiger partial charge is 0.506 e. The third-order valence-electron chi connectivity index (χ3n) is 2.84. The highest BCUT2D eigenvalue weighted by Crippen LogP contribution is 2.44. The van der Waals surface area contributed by atoms with Crippen molar-refractivity contribution in [2.24, 2.45) is 0 Å². The molecule has 0 spiro atoms. The zero-order valence-corrected chi connectivity index (χ0v) is 9.37. The second-order valence-electron chi connectivity index (χ2n) is 3.94. The van der Waals surface area contributed by atoms with Crippen molar-refractivity contribution < 1.29 is 19.4 Å². The van der Waals surface area contributed by atoms with Crippen LogP contribution >= 0.6 is 0 Å². The van der Waals surface area contributed by atoms with Gasteiger partial charge in [-0.1, -0.05) is 36.4 Å². The molecule has 18 heavy (non-hydrogen) atoms. The molecular formula is C14H10O4. The lowest BCUT2D eigenvalue weighted by Crippen LogP contribution is -2.15. The van der Waals surface area contributed by atoms with Crippen LogP contribution in [-0.2, 0) is 4.74 Å². The van der Waals surface area contributed by atoms with Crippen LogP contribution in [0.2, 0.25) is 0 Å². The minimum atomic E-state index is -1.30.